The van der Waals surface area contributed by atoms with Crippen LogP contribution in [0.15, 0.2) is 103 Å². The van der Waals surface area contributed by atoms with Crippen LogP contribution in [0.25, 0.3) is 31.3 Å². The number of fused-ring (bicyclic) bond motifs is 6. The second kappa shape index (κ2) is 8.32. The first-order chi connectivity index (χ1) is 17.9. The van der Waals surface area contributed by atoms with Crippen molar-refractivity contribution in [2.45, 2.75) is 20.0 Å². The largest absolute Gasteiger partial charge is 0.310 e. The molecular formula is C33H26ClNSSi. The van der Waals surface area contributed by atoms with Crippen LogP contribution in [0.2, 0.25) is 18.1 Å². The molecule has 1 aliphatic rings. The quantitative estimate of drug-likeness (QED) is 0.206. The van der Waals surface area contributed by atoms with Crippen LogP contribution >= 0.6 is 22.9 Å². The summed E-state index contributed by atoms with van der Waals surface area (Å²) in [5, 5.41) is 6.39. The Morgan fingerprint density at radius 2 is 1.38 bits per heavy atom. The average molecular weight is 532 g/mol. The van der Waals surface area contributed by atoms with Crippen molar-refractivity contribution in [2.75, 3.05) is 4.90 Å². The van der Waals surface area contributed by atoms with Gasteiger partial charge in [-0.2, -0.15) is 0 Å². The van der Waals surface area contributed by atoms with Gasteiger partial charge in [-0.1, -0.05) is 73.2 Å². The van der Waals surface area contributed by atoms with E-state index in [1.54, 1.807) is 0 Å². The lowest BCUT2D eigenvalue weighted by molar-refractivity contribution is 1.28. The van der Waals surface area contributed by atoms with E-state index >= 15 is 0 Å². The predicted molar refractivity (Wildman–Crippen MR) is 166 cm³/mol. The van der Waals surface area contributed by atoms with Gasteiger partial charge < -0.3 is 4.90 Å². The SMILES string of the molecule is Cc1cccc(N(c2ccc3c(c2)-c2ccc(Cl)cc2[Si]3(C)C)c2ccc3c(c2)sc2ccccc23)c1. The monoisotopic (exact) mass is 531 g/mol. The van der Waals surface area contributed by atoms with Crippen molar-refractivity contribution in [1.29, 1.82) is 0 Å². The molecule has 1 aliphatic heterocycles. The minimum Gasteiger partial charge on any atom is -0.310 e. The summed E-state index contributed by atoms with van der Waals surface area (Å²) < 4.78 is 2.64. The highest BCUT2D eigenvalue weighted by atomic mass is 35.5. The Bertz CT molecular complexity index is 1850. The maximum absolute atomic E-state index is 6.44. The van der Waals surface area contributed by atoms with Crippen LogP contribution in [0.3, 0.4) is 0 Å². The molecule has 0 bridgehead atoms. The maximum Gasteiger partial charge on any atom is 0.113 e. The summed E-state index contributed by atoms with van der Waals surface area (Å²) >= 11 is 8.31. The zero-order chi connectivity index (χ0) is 25.3. The topological polar surface area (TPSA) is 3.24 Å². The van der Waals surface area contributed by atoms with Crippen molar-refractivity contribution in [3.05, 3.63) is 114 Å². The fraction of sp³-hybridized carbons (Fsp3) is 0.0909. The fourth-order valence-electron chi connectivity index (χ4n) is 5.92. The van der Waals surface area contributed by atoms with Gasteiger partial charge in [0.15, 0.2) is 0 Å². The second-order valence-corrected chi connectivity index (χ2v) is 16.3. The Balaban J connectivity index is 1.44. The summed E-state index contributed by atoms with van der Waals surface area (Å²) in [6.45, 7) is 7.02. The van der Waals surface area contributed by atoms with Gasteiger partial charge in [-0.15, -0.1) is 11.3 Å². The molecule has 1 aromatic heterocycles. The molecule has 1 nitrogen and oxygen atoms in total. The molecular weight excluding hydrogens is 506 g/mol. The lowest BCUT2D eigenvalue weighted by Gasteiger charge is -2.27. The van der Waals surface area contributed by atoms with E-state index in [0.29, 0.717) is 0 Å². The van der Waals surface area contributed by atoms with E-state index in [2.05, 4.69) is 122 Å². The zero-order valence-electron chi connectivity index (χ0n) is 21.0. The Kier molecular flexibility index (Phi) is 5.13. The molecule has 2 heterocycles. The van der Waals surface area contributed by atoms with Crippen molar-refractivity contribution in [3.63, 3.8) is 0 Å². The molecule has 0 atom stereocenters. The first-order valence-corrected chi connectivity index (χ1v) is 16.8. The highest BCUT2D eigenvalue weighted by Crippen LogP contribution is 2.42. The van der Waals surface area contributed by atoms with Gasteiger partial charge in [0.25, 0.3) is 0 Å². The Morgan fingerprint density at radius 3 is 2.24 bits per heavy atom. The molecule has 7 rings (SSSR count). The molecule has 0 N–H and O–H groups in total. The van der Waals surface area contributed by atoms with Crippen LogP contribution in [0.5, 0.6) is 0 Å². The lowest BCUT2D eigenvalue weighted by Crippen LogP contribution is -2.49. The minimum absolute atomic E-state index is 0.824. The summed E-state index contributed by atoms with van der Waals surface area (Å²) in [4.78, 5) is 2.40. The molecule has 0 spiro atoms. The Labute approximate surface area is 227 Å². The highest BCUT2D eigenvalue weighted by Gasteiger charge is 2.37. The zero-order valence-corrected chi connectivity index (χ0v) is 23.6. The number of hydrogen-bond donors (Lipinski definition) is 0. The predicted octanol–water partition coefficient (Wildman–Crippen LogP) is 9.29. The molecule has 37 heavy (non-hydrogen) atoms. The van der Waals surface area contributed by atoms with Gasteiger partial charge in [0.1, 0.15) is 8.07 Å². The normalized spacial score (nSPS) is 13.6. The fourth-order valence-corrected chi connectivity index (χ4v) is 10.4. The molecule has 0 radical (unpaired) electrons. The lowest BCUT2D eigenvalue weighted by atomic mass is 10.0. The summed E-state index contributed by atoms with van der Waals surface area (Å²) in [7, 11) is -1.79. The van der Waals surface area contributed by atoms with Crippen LogP contribution in [-0.4, -0.2) is 8.07 Å². The number of hydrogen-bond acceptors (Lipinski definition) is 2. The van der Waals surface area contributed by atoms with E-state index in [1.807, 2.05) is 17.4 Å². The number of benzene rings is 5. The average Bonchev–Trinajstić information content (AvgIpc) is 3.36. The number of anilines is 3. The van der Waals surface area contributed by atoms with Gasteiger partial charge in [-0.3, -0.25) is 0 Å². The third kappa shape index (κ3) is 3.57. The number of halogens is 1. The number of aryl methyl sites for hydroxylation is 1. The van der Waals surface area contributed by atoms with Gasteiger partial charge >= 0.3 is 0 Å². The number of rotatable bonds is 3. The first-order valence-electron chi connectivity index (χ1n) is 12.6. The van der Waals surface area contributed by atoms with Crippen molar-refractivity contribution in [2.24, 2.45) is 0 Å². The maximum atomic E-state index is 6.44. The molecule has 0 saturated heterocycles. The third-order valence-corrected chi connectivity index (χ3v) is 12.7. The van der Waals surface area contributed by atoms with Crippen molar-refractivity contribution < 1.29 is 0 Å². The van der Waals surface area contributed by atoms with Crippen molar-refractivity contribution in [1.82, 2.24) is 0 Å². The Morgan fingerprint density at radius 1 is 0.622 bits per heavy atom. The molecule has 5 aromatic carbocycles. The number of thiophene rings is 1. The van der Waals surface area contributed by atoms with Crippen molar-refractivity contribution in [3.8, 4) is 11.1 Å². The van der Waals surface area contributed by atoms with Crippen LogP contribution in [0.1, 0.15) is 5.56 Å². The smallest absolute Gasteiger partial charge is 0.113 e. The van der Waals surface area contributed by atoms with Gasteiger partial charge in [0, 0.05) is 42.3 Å². The summed E-state index contributed by atoms with van der Waals surface area (Å²) in [6.07, 6.45) is 0. The molecule has 0 amide bonds. The number of nitrogens with zero attached hydrogens (tertiary/aromatic N) is 1. The van der Waals surface area contributed by atoms with E-state index in [1.165, 1.54) is 64.3 Å². The van der Waals surface area contributed by atoms with Gasteiger partial charge in [0.05, 0.1) is 0 Å². The first kappa shape index (κ1) is 22.8. The molecule has 0 saturated carbocycles. The van der Waals surface area contributed by atoms with Gasteiger partial charge in [0.2, 0.25) is 0 Å². The van der Waals surface area contributed by atoms with Crippen LogP contribution in [0, 0.1) is 6.92 Å². The van der Waals surface area contributed by atoms with Crippen molar-refractivity contribution >= 4 is 78.6 Å². The molecule has 0 fully saturated rings. The summed E-state index contributed by atoms with van der Waals surface area (Å²) in [5.41, 5.74) is 7.46. The van der Waals surface area contributed by atoms with Gasteiger partial charge in [-0.05, 0) is 88.6 Å². The molecule has 0 aliphatic carbocycles. The highest BCUT2D eigenvalue weighted by molar-refractivity contribution is 7.25. The van der Waals surface area contributed by atoms with E-state index in [9.17, 15) is 0 Å². The van der Waals surface area contributed by atoms with Gasteiger partial charge in [-0.25, -0.2) is 0 Å². The Hall–Kier alpha value is -3.37. The van der Waals surface area contributed by atoms with E-state index in [4.69, 9.17) is 11.6 Å². The standard InChI is InChI=1S/C33H26ClNSSi/c1-21-7-6-8-23(17-21)35(25-12-15-27-26-9-4-5-10-30(26)36-31(27)20-25)24-13-16-32-29(19-24)28-14-11-22(34)18-33(28)37(32,2)3/h4-20H,1-3H3. The molecule has 4 heteroatoms. The van der Waals surface area contributed by atoms with Crippen LogP contribution in [0.4, 0.5) is 17.1 Å². The third-order valence-electron chi connectivity index (χ3n) is 7.76. The summed E-state index contributed by atoms with van der Waals surface area (Å²) in [5.74, 6) is 0. The van der Waals surface area contributed by atoms with E-state index in [0.717, 1.165) is 5.02 Å². The minimum atomic E-state index is -1.79. The van der Waals surface area contributed by atoms with Crippen LogP contribution in [-0.2, 0) is 0 Å². The molecule has 6 aromatic rings. The van der Waals surface area contributed by atoms with E-state index in [-0.39, 0.29) is 0 Å². The second-order valence-electron chi connectivity index (χ2n) is 10.5. The van der Waals surface area contributed by atoms with E-state index < -0.39 is 8.07 Å². The molecule has 180 valence electrons. The van der Waals surface area contributed by atoms with Crippen LogP contribution < -0.4 is 15.3 Å². The summed E-state index contributed by atoms with van der Waals surface area (Å²) in [6, 6.07) is 37.9. The molecule has 0 unspecified atom stereocenters.